The predicted molar refractivity (Wildman–Crippen MR) is 80.5 cm³/mol. The molecule has 0 unspecified atom stereocenters. The van der Waals surface area contributed by atoms with Crippen LogP contribution in [0.25, 0.3) is 0 Å². The van der Waals surface area contributed by atoms with Crippen molar-refractivity contribution in [3.8, 4) is 0 Å². The Labute approximate surface area is 132 Å². The monoisotopic (exact) mass is 335 g/mol. The Hall–Kier alpha value is -0.740. The molecule has 2 heterocycles. The maximum absolute atomic E-state index is 12.6. The molecule has 0 saturated carbocycles. The molecule has 128 valence electrons. The van der Waals surface area contributed by atoms with Gasteiger partial charge in [-0.2, -0.15) is 17.0 Å². The molecule has 0 N–H and O–H groups in total. The lowest BCUT2D eigenvalue weighted by atomic mass is 10.0. The first-order valence-corrected chi connectivity index (χ1v) is 8.63. The highest BCUT2D eigenvalue weighted by molar-refractivity contribution is 7.86. The Balaban J connectivity index is 2.11. The van der Waals surface area contributed by atoms with Crippen LogP contribution in [-0.2, 0) is 24.5 Å². The van der Waals surface area contributed by atoms with Crippen molar-refractivity contribution in [3.63, 3.8) is 0 Å². The Kier molecular flexibility index (Phi) is 4.84. The van der Waals surface area contributed by atoms with Gasteiger partial charge in [0.05, 0.1) is 31.4 Å². The molecule has 22 heavy (non-hydrogen) atoms. The van der Waals surface area contributed by atoms with Crippen LogP contribution in [0.4, 0.5) is 0 Å². The molecular formula is C13H25N3O5S. The van der Waals surface area contributed by atoms with Gasteiger partial charge < -0.3 is 14.4 Å². The number of carbonyl (C=O) groups is 1. The summed E-state index contributed by atoms with van der Waals surface area (Å²) in [6.45, 7) is 4.95. The predicted octanol–water partition coefficient (Wildman–Crippen LogP) is -0.871. The summed E-state index contributed by atoms with van der Waals surface area (Å²) in [5, 5.41) is 0. The van der Waals surface area contributed by atoms with E-state index in [1.54, 1.807) is 4.90 Å². The van der Waals surface area contributed by atoms with E-state index in [1.807, 2.05) is 13.8 Å². The number of rotatable bonds is 4. The molecule has 9 heteroatoms. The largest absolute Gasteiger partial charge is 0.376 e. The van der Waals surface area contributed by atoms with E-state index in [4.69, 9.17) is 9.47 Å². The molecule has 0 aliphatic carbocycles. The van der Waals surface area contributed by atoms with Crippen LogP contribution in [0.1, 0.15) is 13.8 Å². The third-order valence-electron chi connectivity index (χ3n) is 3.96. The van der Waals surface area contributed by atoms with Crippen LogP contribution in [0.3, 0.4) is 0 Å². The van der Waals surface area contributed by atoms with Crippen LogP contribution in [0, 0.1) is 0 Å². The van der Waals surface area contributed by atoms with Crippen molar-refractivity contribution in [2.45, 2.75) is 31.6 Å². The topological polar surface area (TPSA) is 79.4 Å². The van der Waals surface area contributed by atoms with Crippen molar-refractivity contribution in [2.24, 2.45) is 0 Å². The van der Waals surface area contributed by atoms with Gasteiger partial charge in [-0.1, -0.05) is 0 Å². The van der Waals surface area contributed by atoms with E-state index in [0.29, 0.717) is 19.8 Å². The fourth-order valence-corrected chi connectivity index (χ4v) is 3.65. The number of fused-ring (bicyclic) bond motifs is 1. The first-order chi connectivity index (χ1) is 10.0. The quantitative estimate of drug-likeness (QED) is 0.667. The summed E-state index contributed by atoms with van der Waals surface area (Å²) in [4.78, 5) is 14.3. The van der Waals surface area contributed by atoms with Crippen molar-refractivity contribution in [1.29, 1.82) is 0 Å². The molecule has 2 fully saturated rings. The van der Waals surface area contributed by atoms with Crippen molar-refractivity contribution in [2.75, 3.05) is 47.4 Å². The molecule has 0 radical (unpaired) electrons. The first kappa shape index (κ1) is 17.6. The second-order valence-corrected chi connectivity index (χ2v) is 8.84. The van der Waals surface area contributed by atoms with Gasteiger partial charge in [-0.05, 0) is 13.8 Å². The number of hydrogen-bond donors (Lipinski definition) is 0. The van der Waals surface area contributed by atoms with Crippen LogP contribution in [0.5, 0.6) is 0 Å². The Bertz CT molecular complexity index is 534. The molecule has 8 nitrogen and oxygen atoms in total. The summed E-state index contributed by atoms with van der Waals surface area (Å²) in [5.74, 6) is -0.232. The van der Waals surface area contributed by atoms with Crippen LogP contribution in [0.15, 0.2) is 0 Å². The van der Waals surface area contributed by atoms with Gasteiger partial charge in [0.15, 0.2) is 0 Å². The number of likely N-dealkylation sites (N-methyl/N-ethyl adjacent to an activating group) is 1. The minimum atomic E-state index is -3.60. The van der Waals surface area contributed by atoms with E-state index in [-0.39, 0.29) is 24.6 Å². The van der Waals surface area contributed by atoms with Gasteiger partial charge in [0.1, 0.15) is 6.10 Å². The minimum absolute atomic E-state index is 0.143. The maximum atomic E-state index is 12.6. The van der Waals surface area contributed by atoms with E-state index >= 15 is 0 Å². The zero-order valence-corrected chi connectivity index (χ0v) is 14.6. The highest BCUT2D eigenvalue weighted by Crippen LogP contribution is 2.29. The second kappa shape index (κ2) is 6.04. The zero-order valence-electron chi connectivity index (χ0n) is 13.8. The van der Waals surface area contributed by atoms with Gasteiger partial charge in [0, 0.05) is 27.7 Å². The van der Waals surface area contributed by atoms with Gasteiger partial charge >= 0.3 is 0 Å². The van der Waals surface area contributed by atoms with Gasteiger partial charge in [0.25, 0.3) is 10.2 Å². The van der Waals surface area contributed by atoms with Crippen LogP contribution >= 0.6 is 0 Å². The fraction of sp³-hybridized carbons (Fsp3) is 0.923. The molecule has 0 aromatic rings. The zero-order chi connectivity index (χ0) is 16.7. The summed E-state index contributed by atoms with van der Waals surface area (Å²) in [7, 11) is 0.678. The molecule has 0 bridgehead atoms. The van der Waals surface area contributed by atoms with Crippen LogP contribution in [-0.4, -0.2) is 93.0 Å². The number of morpholine rings is 1. The lowest BCUT2D eigenvalue weighted by Crippen LogP contribution is -2.61. The maximum Gasteiger partial charge on any atom is 0.281 e. The Morgan fingerprint density at radius 2 is 1.91 bits per heavy atom. The summed E-state index contributed by atoms with van der Waals surface area (Å²) in [5.41, 5.74) is -0.469. The summed E-state index contributed by atoms with van der Waals surface area (Å²) in [6, 6.07) is -0.143. The Morgan fingerprint density at radius 3 is 2.50 bits per heavy atom. The highest BCUT2D eigenvalue weighted by atomic mass is 32.2. The van der Waals surface area contributed by atoms with Crippen molar-refractivity contribution >= 4 is 16.1 Å². The lowest BCUT2D eigenvalue weighted by molar-refractivity contribution is -0.168. The average molecular weight is 335 g/mol. The molecule has 2 aliphatic heterocycles. The molecule has 2 aliphatic rings. The summed E-state index contributed by atoms with van der Waals surface area (Å²) < 4.78 is 37.6. The number of amides is 1. The van der Waals surface area contributed by atoms with Crippen LogP contribution in [0.2, 0.25) is 0 Å². The standard InChI is InChI=1S/C13H25N3O5S/c1-13(2)9-16(10-7-20-8-11(10)21-13)12(17)6-15(5)22(18,19)14(3)4/h10-11H,6-9H2,1-5H3/t10-,11-/m1/s1. The van der Waals surface area contributed by atoms with E-state index in [2.05, 4.69) is 0 Å². The van der Waals surface area contributed by atoms with Gasteiger partial charge in [-0.15, -0.1) is 0 Å². The number of ether oxygens (including phenoxy) is 2. The molecule has 2 atom stereocenters. The summed E-state index contributed by atoms with van der Waals surface area (Å²) in [6.07, 6.45) is -0.150. The molecule has 0 aromatic carbocycles. The summed E-state index contributed by atoms with van der Waals surface area (Å²) >= 11 is 0. The normalized spacial score (nSPS) is 28.2. The third kappa shape index (κ3) is 3.43. The van der Waals surface area contributed by atoms with Gasteiger partial charge in [-0.3, -0.25) is 4.79 Å². The third-order valence-corrected chi connectivity index (χ3v) is 5.80. The van der Waals surface area contributed by atoms with Crippen LogP contribution < -0.4 is 0 Å². The minimum Gasteiger partial charge on any atom is -0.376 e. The smallest absolute Gasteiger partial charge is 0.281 e. The van der Waals surface area contributed by atoms with Crippen molar-refractivity contribution in [1.82, 2.24) is 13.5 Å². The average Bonchev–Trinajstić information content (AvgIpc) is 2.83. The molecule has 1 amide bonds. The van der Waals surface area contributed by atoms with Gasteiger partial charge in [-0.25, -0.2) is 0 Å². The van der Waals surface area contributed by atoms with Crippen molar-refractivity contribution < 1.29 is 22.7 Å². The van der Waals surface area contributed by atoms with Gasteiger partial charge in [0.2, 0.25) is 5.91 Å². The number of carbonyl (C=O) groups excluding carboxylic acids is 1. The second-order valence-electron chi connectivity index (χ2n) is 6.59. The lowest BCUT2D eigenvalue weighted by Gasteiger charge is -2.45. The molecule has 2 saturated heterocycles. The number of nitrogens with zero attached hydrogens (tertiary/aromatic N) is 3. The van der Waals surface area contributed by atoms with E-state index < -0.39 is 15.8 Å². The molecular weight excluding hydrogens is 310 g/mol. The number of hydrogen-bond acceptors (Lipinski definition) is 5. The van der Waals surface area contributed by atoms with E-state index in [1.165, 1.54) is 21.1 Å². The van der Waals surface area contributed by atoms with E-state index in [0.717, 1.165) is 8.61 Å². The molecule has 0 aromatic heterocycles. The SMILES string of the molecule is CN(C)S(=O)(=O)N(C)CC(=O)N1CC(C)(C)O[C@@H]2COC[C@H]21. The molecule has 2 rings (SSSR count). The molecule has 0 spiro atoms. The highest BCUT2D eigenvalue weighted by Gasteiger charge is 2.46. The van der Waals surface area contributed by atoms with Crippen molar-refractivity contribution in [3.05, 3.63) is 0 Å². The Morgan fingerprint density at radius 1 is 1.27 bits per heavy atom. The van der Waals surface area contributed by atoms with E-state index in [9.17, 15) is 13.2 Å². The fourth-order valence-electron chi connectivity index (χ4n) is 2.82. The first-order valence-electron chi connectivity index (χ1n) is 7.23.